The number of aromatic amines is 1. The van der Waals surface area contributed by atoms with Gasteiger partial charge in [0.25, 0.3) is 5.91 Å². The van der Waals surface area contributed by atoms with E-state index in [0.29, 0.717) is 31.1 Å². The summed E-state index contributed by atoms with van der Waals surface area (Å²) in [4.78, 5) is 25.6. The molecule has 0 bridgehead atoms. The van der Waals surface area contributed by atoms with Crippen LogP contribution < -0.4 is 5.32 Å². The lowest BCUT2D eigenvalue weighted by Crippen LogP contribution is -2.36. The van der Waals surface area contributed by atoms with E-state index in [2.05, 4.69) is 22.4 Å². The number of fused-ring (bicyclic) bond motifs is 1. The van der Waals surface area contributed by atoms with E-state index >= 15 is 0 Å². The molecular weight excluding hydrogens is 268 g/mol. The van der Waals surface area contributed by atoms with Crippen LogP contribution in [0, 0.1) is 5.92 Å². The molecule has 0 saturated carbocycles. The first-order valence-electron chi connectivity index (χ1n) is 7.77. The standard InChI is InChI=1S/C15H22N4O2/c1-10-4-5-12-11(9-10)14(18-17-12)15(21)16-6-8-19-7-2-3-13(19)20/h10H,2-9H2,1H3,(H,16,21)(H,17,18)/t10-/m0/s1. The van der Waals surface area contributed by atoms with Crippen molar-refractivity contribution in [2.75, 3.05) is 19.6 Å². The number of likely N-dealkylation sites (tertiary alicyclic amines) is 1. The van der Waals surface area contributed by atoms with Gasteiger partial charge >= 0.3 is 0 Å². The molecule has 6 nitrogen and oxygen atoms in total. The minimum atomic E-state index is -0.131. The van der Waals surface area contributed by atoms with E-state index in [4.69, 9.17) is 0 Å². The molecule has 0 aromatic carbocycles. The smallest absolute Gasteiger partial charge is 0.272 e. The van der Waals surface area contributed by atoms with E-state index in [-0.39, 0.29) is 11.8 Å². The van der Waals surface area contributed by atoms with Crippen molar-refractivity contribution >= 4 is 11.8 Å². The largest absolute Gasteiger partial charge is 0.349 e. The highest BCUT2D eigenvalue weighted by Gasteiger charge is 2.25. The van der Waals surface area contributed by atoms with Crippen molar-refractivity contribution in [2.24, 2.45) is 5.92 Å². The fourth-order valence-electron chi connectivity index (χ4n) is 3.19. The van der Waals surface area contributed by atoms with Crippen LogP contribution in [0.25, 0.3) is 0 Å². The highest BCUT2D eigenvalue weighted by molar-refractivity contribution is 5.94. The number of aryl methyl sites for hydroxylation is 1. The Bertz CT molecular complexity index is 552. The third-order valence-electron chi connectivity index (χ3n) is 4.45. The topological polar surface area (TPSA) is 78.1 Å². The summed E-state index contributed by atoms with van der Waals surface area (Å²) in [6.45, 7) is 4.09. The summed E-state index contributed by atoms with van der Waals surface area (Å²) in [6.07, 6.45) is 4.60. The van der Waals surface area contributed by atoms with Crippen LogP contribution in [0.2, 0.25) is 0 Å². The molecule has 1 aromatic heterocycles. The van der Waals surface area contributed by atoms with Crippen molar-refractivity contribution in [2.45, 2.75) is 39.0 Å². The summed E-state index contributed by atoms with van der Waals surface area (Å²) in [5.74, 6) is 0.660. The molecule has 2 heterocycles. The van der Waals surface area contributed by atoms with Gasteiger partial charge in [-0.15, -0.1) is 0 Å². The van der Waals surface area contributed by atoms with Crippen LogP contribution >= 0.6 is 0 Å². The molecule has 21 heavy (non-hydrogen) atoms. The van der Waals surface area contributed by atoms with Gasteiger partial charge < -0.3 is 10.2 Å². The summed E-state index contributed by atoms with van der Waals surface area (Å²) < 4.78 is 0. The Balaban J connectivity index is 1.56. The number of nitrogens with zero attached hydrogens (tertiary/aromatic N) is 2. The molecular formula is C15H22N4O2. The third kappa shape index (κ3) is 2.94. The first kappa shape index (κ1) is 14.1. The van der Waals surface area contributed by atoms with Crippen molar-refractivity contribution in [3.8, 4) is 0 Å². The predicted molar refractivity (Wildman–Crippen MR) is 77.9 cm³/mol. The molecule has 0 spiro atoms. The number of amides is 2. The van der Waals surface area contributed by atoms with Crippen molar-refractivity contribution in [1.82, 2.24) is 20.4 Å². The van der Waals surface area contributed by atoms with Crippen LogP contribution in [-0.2, 0) is 17.6 Å². The number of rotatable bonds is 4. The molecule has 1 fully saturated rings. The lowest BCUT2D eigenvalue weighted by molar-refractivity contribution is -0.127. The molecule has 0 unspecified atom stereocenters. The minimum Gasteiger partial charge on any atom is -0.349 e. The average Bonchev–Trinajstić information content (AvgIpc) is 3.05. The zero-order chi connectivity index (χ0) is 14.8. The summed E-state index contributed by atoms with van der Waals surface area (Å²) in [7, 11) is 0. The zero-order valence-corrected chi connectivity index (χ0v) is 12.4. The van der Waals surface area contributed by atoms with Gasteiger partial charge in [-0.2, -0.15) is 5.10 Å². The van der Waals surface area contributed by atoms with E-state index < -0.39 is 0 Å². The van der Waals surface area contributed by atoms with E-state index in [1.165, 1.54) is 0 Å². The summed E-state index contributed by atoms with van der Waals surface area (Å²) in [6, 6.07) is 0. The number of carbonyl (C=O) groups excluding carboxylic acids is 2. The molecule has 114 valence electrons. The van der Waals surface area contributed by atoms with Crippen molar-refractivity contribution in [3.05, 3.63) is 17.0 Å². The quantitative estimate of drug-likeness (QED) is 0.864. The Morgan fingerprint density at radius 3 is 3.10 bits per heavy atom. The molecule has 3 rings (SSSR count). The first-order chi connectivity index (χ1) is 10.1. The summed E-state index contributed by atoms with van der Waals surface area (Å²) in [5.41, 5.74) is 2.71. The number of hydrogen-bond acceptors (Lipinski definition) is 3. The molecule has 6 heteroatoms. The van der Waals surface area contributed by atoms with Crippen molar-refractivity contribution in [1.29, 1.82) is 0 Å². The summed E-state index contributed by atoms with van der Waals surface area (Å²) >= 11 is 0. The Kier molecular flexibility index (Phi) is 3.94. The Labute approximate surface area is 124 Å². The fourth-order valence-corrected chi connectivity index (χ4v) is 3.19. The molecule has 1 aromatic rings. The van der Waals surface area contributed by atoms with Gasteiger partial charge in [0.1, 0.15) is 0 Å². The monoisotopic (exact) mass is 290 g/mol. The molecule has 1 aliphatic heterocycles. The Morgan fingerprint density at radius 2 is 2.33 bits per heavy atom. The summed E-state index contributed by atoms with van der Waals surface area (Å²) in [5, 5.41) is 10.1. The molecule has 2 N–H and O–H groups in total. The number of hydrogen-bond donors (Lipinski definition) is 2. The lowest BCUT2D eigenvalue weighted by atomic mass is 9.88. The normalized spacial score (nSPS) is 21.5. The van der Waals surface area contributed by atoms with Crippen LogP contribution in [-0.4, -0.2) is 46.5 Å². The second kappa shape index (κ2) is 5.87. The SMILES string of the molecule is C[C@H]1CCc2[nH]nc(C(=O)NCCN3CCCC3=O)c2C1. The third-order valence-corrected chi connectivity index (χ3v) is 4.45. The zero-order valence-electron chi connectivity index (χ0n) is 12.4. The fraction of sp³-hybridized carbons (Fsp3) is 0.667. The average molecular weight is 290 g/mol. The maximum atomic E-state index is 12.2. The lowest BCUT2D eigenvalue weighted by Gasteiger charge is -2.18. The predicted octanol–water partition coefficient (Wildman–Crippen LogP) is 0.887. The van der Waals surface area contributed by atoms with Gasteiger partial charge in [0, 0.05) is 37.3 Å². The van der Waals surface area contributed by atoms with Gasteiger partial charge in [-0.05, 0) is 31.6 Å². The minimum absolute atomic E-state index is 0.131. The Morgan fingerprint density at radius 1 is 1.48 bits per heavy atom. The van der Waals surface area contributed by atoms with E-state index in [0.717, 1.165) is 43.5 Å². The number of nitrogens with one attached hydrogen (secondary N) is 2. The van der Waals surface area contributed by atoms with Gasteiger partial charge in [-0.3, -0.25) is 14.7 Å². The molecule has 0 radical (unpaired) electrons. The van der Waals surface area contributed by atoms with Crippen LogP contribution in [0.5, 0.6) is 0 Å². The van der Waals surface area contributed by atoms with Crippen LogP contribution in [0.1, 0.15) is 47.9 Å². The number of H-pyrrole nitrogens is 1. The highest BCUT2D eigenvalue weighted by Crippen LogP contribution is 2.26. The van der Waals surface area contributed by atoms with Gasteiger partial charge in [-0.25, -0.2) is 0 Å². The van der Waals surface area contributed by atoms with E-state index in [1.807, 2.05) is 4.90 Å². The highest BCUT2D eigenvalue weighted by atomic mass is 16.2. The van der Waals surface area contributed by atoms with Crippen LogP contribution in [0.4, 0.5) is 0 Å². The van der Waals surface area contributed by atoms with Gasteiger partial charge in [0.15, 0.2) is 5.69 Å². The van der Waals surface area contributed by atoms with Gasteiger partial charge in [-0.1, -0.05) is 6.92 Å². The first-order valence-corrected chi connectivity index (χ1v) is 7.77. The maximum Gasteiger partial charge on any atom is 0.272 e. The van der Waals surface area contributed by atoms with Crippen LogP contribution in [0.3, 0.4) is 0 Å². The maximum absolute atomic E-state index is 12.2. The molecule has 2 aliphatic rings. The van der Waals surface area contributed by atoms with E-state index in [1.54, 1.807) is 0 Å². The second-order valence-electron chi connectivity index (χ2n) is 6.12. The molecule has 1 atom stereocenters. The second-order valence-corrected chi connectivity index (χ2v) is 6.12. The number of aromatic nitrogens is 2. The van der Waals surface area contributed by atoms with Crippen LogP contribution in [0.15, 0.2) is 0 Å². The molecule has 1 aliphatic carbocycles. The van der Waals surface area contributed by atoms with Gasteiger partial charge in [0.05, 0.1) is 0 Å². The van der Waals surface area contributed by atoms with E-state index in [9.17, 15) is 9.59 Å². The molecule has 1 saturated heterocycles. The van der Waals surface area contributed by atoms with Crippen molar-refractivity contribution < 1.29 is 9.59 Å². The van der Waals surface area contributed by atoms with Crippen molar-refractivity contribution in [3.63, 3.8) is 0 Å². The van der Waals surface area contributed by atoms with Gasteiger partial charge in [0.2, 0.25) is 5.91 Å². The number of carbonyl (C=O) groups is 2. The Hall–Kier alpha value is -1.85. The molecule has 2 amide bonds.